The molecule has 0 unspecified atom stereocenters. The first-order valence-electron chi connectivity index (χ1n) is 3.52. The standard InChI is InChI=1S/C9H9N2/c1-3-9(10-2)8-4-6-11-7-5-8/h4-7H,3H2,1H3/q-1. The first-order valence-corrected chi connectivity index (χ1v) is 3.52. The number of rotatable bonds is 1. The number of nitrogens with zero attached hydrogens (tertiary/aromatic N) is 2. The molecule has 0 spiro atoms. The van der Waals surface area contributed by atoms with Crippen molar-refractivity contribution in [2.45, 2.75) is 13.3 Å². The van der Waals surface area contributed by atoms with Crippen LogP contribution in [0.5, 0.6) is 0 Å². The Morgan fingerprint density at radius 1 is 1.55 bits per heavy atom. The molecule has 0 aliphatic carbocycles. The summed E-state index contributed by atoms with van der Waals surface area (Å²) < 4.78 is 0. The van der Waals surface area contributed by atoms with Gasteiger partial charge < -0.3 is 5.32 Å². The maximum atomic E-state index is 6.86. The summed E-state index contributed by atoms with van der Waals surface area (Å²) in [4.78, 5) is 3.42. The van der Waals surface area contributed by atoms with Crippen molar-refractivity contribution in [1.29, 1.82) is 0 Å². The van der Waals surface area contributed by atoms with Crippen LogP contribution in [0.3, 0.4) is 0 Å². The number of allylic oxidation sites excluding steroid dienone is 4. The number of hydrogen-bond acceptors (Lipinski definition) is 0. The molecular weight excluding hydrogens is 136 g/mol. The van der Waals surface area contributed by atoms with Crippen molar-refractivity contribution in [2.75, 3.05) is 0 Å². The van der Waals surface area contributed by atoms with E-state index >= 15 is 0 Å². The van der Waals surface area contributed by atoms with Crippen molar-refractivity contribution in [3.05, 3.63) is 52.6 Å². The molecule has 1 rings (SSSR count). The van der Waals surface area contributed by atoms with Crippen LogP contribution in [0.1, 0.15) is 13.3 Å². The minimum absolute atomic E-state index is 0.785. The summed E-state index contributed by atoms with van der Waals surface area (Å²) >= 11 is 0. The molecule has 0 fully saturated rings. The van der Waals surface area contributed by atoms with Crippen LogP contribution in [0.2, 0.25) is 0 Å². The molecule has 56 valence electrons. The van der Waals surface area contributed by atoms with Crippen molar-refractivity contribution in [1.82, 2.24) is 0 Å². The monoisotopic (exact) mass is 145 g/mol. The van der Waals surface area contributed by atoms with Crippen LogP contribution in [0.4, 0.5) is 0 Å². The van der Waals surface area contributed by atoms with E-state index in [-0.39, 0.29) is 0 Å². The first-order chi connectivity index (χ1) is 5.38. The lowest BCUT2D eigenvalue weighted by atomic mass is 10.1. The molecule has 1 aliphatic heterocycles. The molecule has 0 aromatic heterocycles. The fourth-order valence-electron chi connectivity index (χ4n) is 0.892. The molecule has 1 aliphatic rings. The SMILES string of the molecule is [C-]#[N+]C(CC)=C1C=C[N-]C=C1. The molecule has 0 amide bonds. The average Bonchev–Trinajstić information content (AvgIpc) is 2.09. The van der Waals surface area contributed by atoms with E-state index in [2.05, 4.69) is 10.2 Å². The zero-order valence-corrected chi connectivity index (χ0v) is 6.41. The zero-order valence-electron chi connectivity index (χ0n) is 6.41. The lowest BCUT2D eigenvalue weighted by Crippen LogP contribution is -1.82. The van der Waals surface area contributed by atoms with Crippen LogP contribution in [0.25, 0.3) is 10.2 Å². The van der Waals surface area contributed by atoms with Crippen molar-refractivity contribution in [3.8, 4) is 0 Å². The van der Waals surface area contributed by atoms with Gasteiger partial charge in [0.1, 0.15) is 0 Å². The van der Waals surface area contributed by atoms with Crippen LogP contribution in [-0.4, -0.2) is 0 Å². The van der Waals surface area contributed by atoms with E-state index < -0.39 is 0 Å². The minimum atomic E-state index is 0.785. The topological polar surface area (TPSA) is 18.5 Å². The zero-order chi connectivity index (χ0) is 8.10. The summed E-state index contributed by atoms with van der Waals surface area (Å²) in [5, 5.41) is 3.88. The molecule has 0 atom stereocenters. The van der Waals surface area contributed by atoms with Gasteiger partial charge in [-0.05, 0) is 12.0 Å². The largest absolute Gasteiger partial charge is 0.670 e. The van der Waals surface area contributed by atoms with Gasteiger partial charge in [0.2, 0.25) is 0 Å². The third kappa shape index (κ3) is 1.71. The maximum Gasteiger partial charge on any atom is 0.172 e. The van der Waals surface area contributed by atoms with E-state index in [1.54, 1.807) is 12.4 Å². The van der Waals surface area contributed by atoms with E-state index in [1.165, 1.54) is 0 Å². The molecule has 0 aromatic rings. The van der Waals surface area contributed by atoms with E-state index in [0.29, 0.717) is 0 Å². The van der Waals surface area contributed by atoms with Gasteiger partial charge >= 0.3 is 0 Å². The molecule has 0 saturated heterocycles. The van der Waals surface area contributed by atoms with Crippen LogP contribution in [0.15, 0.2) is 35.8 Å². The molecule has 0 bridgehead atoms. The first kappa shape index (κ1) is 7.62. The lowest BCUT2D eigenvalue weighted by Gasteiger charge is -2.13. The maximum absolute atomic E-state index is 6.86. The Hall–Kier alpha value is -1.49. The Morgan fingerprint density at radius 2 is 2.18 bits per heavy atom. The molecule has 2 heteroatoms. The van der Waals surface area contributed by atoms with Crippen LogP contribution in [-0.2, 0) is 0 Å². The van der Waals surface area contributed by atoms with E-state index in [0.717, 1.165) is 17.7 Å². The Morgan fingerprint density at radius 3 is 2.64 bits per heavy atom. The van der Waals surface area contributed by atoms with Crippen LogP contribution >= 0.6 is 0 Å². The molecule has 0 aromatic carbocycles. The summed E-state index contributed by atoms with van der Waals surface area (Å²) in [7, 11) is 0. The number of hydrogen-bond donors (Lipinski definition) is 0. The highest BCUT2D eigenvalue weighted by molar-refractivity contribution is 5.44. The predicted octanol–water partition coefficient (Wildman–Crippen LogP) is 2.98. The van der Waals surface area contributed by atoms with Crippen LogP contribution in [0, 0.1) is 6.57 Å². The highest BCUT2D eigenvalue weighted by Crippen LogP contribution is 2.17. The molecule has 0 N–H and O–H groups in total. The molecule has 2 nitrogen and oxygen atoms in total. The normalized spacial score (nSPS) is 14.0. The quantitative estimate of drug-likeness (QED) is 0.505. The summed E-state index contributed by atoms with van der Waals surface area (Å²) in [5.74, 6) is 0. The highest BCUT2D eigenvalue weighted by Gasteiger charge is 1.97. The highest BCUT2D eigenvalue weighted by atomic mass is 14.8. The van der Waals surface area contributed by atoms with Gasteiger partial charge in [-0.25, -0.2) is 4.85 Å². The molecular formula is C9H9N2-. The third-order valence-electron chi connectivity index (χ3n) is 1.48. The van der Waals surface area contributed by atoms with Crippen molar-refractivity contribution in [3.63, 3.8) is 0 Å². The van der Waals surface area contributed by atoms with E-state index in [1.807, 2.05) is 19.1 Å². The van der Waals surface area contributed by atoms with Gasteiger partial charge in [-0.15, -0.1) is 0 Å². The Labute approximate surface area is 66.7 Å². The van der Waals surface area contributed by atoms with Gasteiger partial charge in [-0.2, -0.15) is 12.4 Å². The molecule has 0 radical (unpaired) electrons. The fourth-order valence-corrected chi connectivity index (χ4v) is 0.892. The van der Waals surface area contributed by atoms with Gasteiger partial charge in [-0.1, -0.05) is 19.1 Å². The molecule has 1 heterocycles. The smallest absolute Gasteiger partial charge is 0.172 e. The Bertz CT molecular complexity index is 250. The molecule has 0 saturated carbocycles. The Kier molecular flexibility index (Phi) is 2.51. The van der Waals surface area contributed by atoms with Gasteiger partial charge in [0.25, 0.3) is 0 Å². The summed E-state index contributed by atoms with van der Waals surface area (Å²) in [6.07, 6.45) is 7.91. The van der Waals surface area contributed by atoms with Crippen molar-refractivity contribution >= 4 is 0 Å². The fraction of sp³-hybridized carbons (Fsp3) is 0.222. The second-order valence-corrected chi connectivity index (χ2v) is 2.15. The van der Waals surface area contributed by atoms with Crippen molar-refractivity contribution in [2.24, 2.45) is 0 Å². The second kappa shape index (κ2) is 3.62. The molecule has 11 heavy (non-hydrogen) atoms. The van der Waals surface area contributed by atoms with Gasteiger partial charge in [0, 0.05) is 0 Å². The summed E-state index contributed by atoms with van der Waals surface area (Å²) in [6.45, 7) is 8.84. The van der Waals surface area contributed by atoms with E-state index in [9.17, 15) is 0 Å². The lowest BCUT2D eigenvalue weighted by molar-refractivity contribution is 1.13. The summed E-state index contributed by atoms with van der Waals surface area (Å²) in [6, 6.07) is 0. The predicted molar refractivity (Wildman–Crippen MR) is 45.6 cm³/mol. The minimum Gasteiger partial charge on any atom is -0.670 e. The van der Waals surface area contributed by atoms with Gasteiger partial charge in [-0.3, -0.25) is 0 Å². The van der Waals surface area contributed by atoms with Crippen molar-refractivity contribution < 1.29 is 0 Å². The summed E-state index contributed by atoms with van der Waals surface area (Å²) in [5.41, 5.74) is 1.78. The van der Waals surface area contributed by atoms with Crippen LogP contribution < -0.4 is 0 Å². The van der Waals surface area contributed by atoms with E-state index in [4.69, 9.17) is 6.57 Å². The second-order valence-electron chi connectivity index (χ2n) is 2.15. The third-order valence-corrected chi connectivity index (χ3v) is 1.48. The average molecular weight is 145 g/mol. The Balaban J connectivity index is 2.93. The van der Waals surface area contributed by atoms with Gasteiger partial charge in [0.15, 0.2) is 5.70 Å². The van der Waals surface area contributed by atoms with Gasteiger partial charge in [0.05, 0.1) is 6.57 Å².